The number of ether oxygens (including phenoxy) is 1. The number of nitrogens with one attached hydrogen (secondary N) is 2. The molecule has 2 rings (SSSR count). The van der Waals surface area contributed by atoms with Crippen LogP contribution in [0.5, 0.6) is 0 Å². The number of carbonyl (C=O) groups is 1. The van der Waals surface area contributed by atoms with Crippen LogP contribution in [0.15, 0.2) is 0 Å². The summed E-state index contributed by atoms with van der Waals surface area (Å²) in [5.74, 6) is 0.423. The number of aliphatic hydroxyl groups is 1. The van der Waals surface area contributed by atoms with Crippen molar-refractivity contribution in [2.75, 3.05) is 19.8 Å². The maximum atomic E-state index is 11.7. The fraction of sp³-hybridized carbons (Fsp3) is 0.923. The molecule has 1 heterocycles. The topological polar surface area (TPSA) is 70.6 Å². The van der Waals surface area contributed by atoms with Gasteiger partial charge in [-0.2, -0.15) is 0 Å². The summed E-state index contributed by atoms with van der Waals surface area (Å²) in [5, 5.41) is 15.1. The van der Waals surface area contributed by atoms with Gasteiger partial charge in [-0.3, -0.25) is 0 Å². The van der Waals surface area contributed by atoms with Crippen molar-refractivity contribution < 1.29 is 14.6 Å². The van der Waals surface area contributed by atoms with Gasteiger partial charge in [0, 0.05) is 13.2 Å². The summed E-state index contributed by atoms with van der Waals surface area (Å²) in [4.78, 5) is 11.7. The minimum Gasteiger partial charge on any atom is -0.394 e. The van der Waals surface area contributed by atoms with Crippen molar-refractivity contribution in [3.05, 3.63) is 0 Å². The van der Waals surface area contributed by atoms with Gasteiger partial charge in [0.05, 0.1) is 18.2 Å². The van der Waals surface area contributed by atoms with Crippen LogP contribution >= 0.6 is 0 Å². The number of hydrogen-bond donors (Lipinski definition) is 3. The van der Waals surface area contributed by atoms with Crippen molar-refractivity contribution in [2.24, 2.45) is 5.92 Å². The highest BCUT2D eigenvalue weighted by molar-refractivity contribution is 5.74. The molecule has 1 saturated carbocycles. The van der Waals surface area contributed by atoms with Crippen LogP contribution in [0.25, 0.3) is 0 Å². The average molecular weight is 256 g/mol. The van der Waals surface area contributed by atoms with Crippen molar-refractivity contribution in [1.29, 1.82) is 0 Å². The van der Waals surface area contributed by atoms with Crippen LogP contribution in [0, 0.1) is 5.92 Å². The third-order valence-corrected chi connectivity index (χ3v) is 3.98. The Bertz CT molecular complexity index is 288. The lowest BCUT2D eigenvalue weighted by molar-refractivity contribution is 0.104. The second-order valence-electron chi connectivity index (χ2n) is 5.65. The van der Waals surface area contributed by atoms with Gasteiger partial charge >= 0.3 is 6.03 Å². The largest absolute Gasteiger partial charge is 0.394 e. The minimum atomic E-state index is -0.464. The first-order chi connectivity index (χ1) is 8.64. The van der Waals surface area contributed by atoms with Crippen LogP contribution in [0.4, 0.5) is 4.79 Å². The molecule has 1 aliphatic carbocycles. The van der Waals surface area contributed by atoms with Gasteiger partial charge in [0.2, 0.25) is 0 Å². The minimum absolute atomic E-state index is 0.00315. The van der Waals surface area contributed by atoms with Crippen LogP contribution in [-0.4, -0.2) is 42.5 Å². The Morgan fingerprint density at radius 1 is 1.44 bits per heavy atom. The van der Waals surface area contributed by atoms with Crippen LogP contribution in [-0.2, 0) is 4.74 Å². The van der Waals surface area contributed by atoms with Crippen molar-refractivity contribution >= 4 is 6.03 Å². The van der Waals surface area contributed by atoms with Gasteiger partial charge in [-0.25, -0.2) is 4.79 Å². The zero-order chi connectivity index (χ0) is 13.0. The SMILES string of the molecule is CC(CO)(NC(=O)NCCC1CCCO1)C1CC1. The molecular formula is C13H24N2O3. The highest BCUT2D eigenvalue weighted by Crippen LogP contribution is 2.39. The van der Waals surface area contributed by atoms with Gasteiger partial charge in [-0.05, 0) is 44.9 Å². The Hall–Kier alpha value is -0.810. The fourth-order valence-corrected chi connectivity index (χ4v) is 2.51. The molecule has 1 saturated heterocycles. The Kier molecular flexibility index (Phi) is 4.45. The molecule has 0 aromatic carbocycles. The van der Waals surface area contributed by atoms with E-state index in [-0.39, 0.29) is 12.6 Å². The van der Waals surface area contributed by atoms with E-state index in [1.165, 1.54) is 0 Å². The lowest BCUT2D eigenvalue weighted by Crippen LogP contribution is -2.54. The van der Waals surface area contributed by atoms with Crippen molar-refractivity contribution in [2.45, 2.75) is 50.7 Å². The van der Waals surface area contributed by atoms with E-state index in [1.807, 2.05) is 6.92 Å². The average Bonchev–Trinajstić information content (AvgIpc) is 3.09. The zero-order valence-corrected chi connectivity index (χ0v) is 11.1. The second kappa shape index (κ2) is 5.89. The summed E-state index contributed by atoms with van der Waals surface area (Å²) in [7, 11) is 0. The van der Waals surface area contributed by atoms with Crippen molar-refractivity contribution in [1.82, 2.24) is 10.6 Å². The summed E-state index contributed by atoms with van der Waals surface area (Å²) in [5.41, 5.74) is -0.464. The van der Waals surface area contributed by atoms with Gasteiger partial charge in [0.25, 0.3) is 0 Å². The van der Waals surface area contributed by atoms with Gasteiger partial charge in [0.15, 0.2) is 0 Å². The lowest BCUT2D eigenvalue weighted by Gasteiger charge is -2.28. The number of aliphatic hydroxyl groups excluding tert-OH is 1. The molecule has 104 valence electrons. The quantitative estimate of drug-likeness (QED) is 0.664. The molecule has 5 heteroatoms. The molecule has 18 heavy (non-hydrogen) atoms. The van der Waals surface area contributed by atoms with Crippen LogP contribution in [0.1, 0.15) is 39.0 Å². The molecule has 2 aliphatic rings. The number of carbonyl (C=O) groups excluding carboxylic acids is 1. The normalized spacial score (nSPS) is 26.7. The van der Waals surface area contributed by atoms with E-state index in [2.05, 4.69) is 10.6 Å². The predicted octanol–water partition coefficient (Wildman–Crippen LogP) is 1.02. The molecule has 1 aliphatic heterocycles. The molecule has 3 N–H and O–H groups in total. The van der Waals surface area contributed by atoms with E-state index < -0.39 is 5.54 Å². The molecule has 2 atom stereocenters. The molecular weight excluding hydrogens is 232 g/mol. The highest BCUT2D eigenvalue weighted by atomic mass is 16.5. The third kappa shape index (κ3) is 3.59. The Morgan fingerprint density at radius 2 is 2.22 bits per heavy atom. The van der Waals surface area contributed by atoms with E-state index in [0.717, 1.165) is 38.7 Å². The Labute approximate surface area is 108 Å². The third-order valence-electron chi connectivity index (χ3n) is 3.98. The summed E-state index contributed by atoms with van der Waals surface area (Å²) < 4.78 is 5.49. The van der Waals surface area contributed by atoms with E-state index in [4.69, 9.17) is 4.74 Å². The first kappa shape index (κ1) is 13.6. The molecule has 0 radical (unpaired) electrons. The monoisotopic (exact) mass is 256 g/mol. The first-order valence-corrected chi connectivity index (χ1v) is 6.92. The molecule has 2 unspecified atom stereocenters. The molecule has 0 spiro atoms. The zero-order valence-electron chi connectivity index (χ0n) is 11.1. The van der Waals surface area contributed by atoms with Crippen LogP contribution in [0.2, 0.25) is 0 Å². The number of amides is 2. The lowest BCUT2D eigenvalue weighted by atomic mass is 9.97. The Morgan fingerprint density at radius 3 is 2.78 bits per heavy atom. The summed E-state index contributed by atoms with van der Waals surface area (Å²) in [6.45, 7) is 3.38. The maximum Gasteiger partial charge on any atom is 0.315 e. The highest BCUT2D eigenvalue weighted by Gasteiger charge is 2.42. The molecule has 2 amide bonds. The molecule has 5 nitrogen and oxygen atoms in total. The second-order valence-corrected chi connectivity index (χ2v) is 5.65. The number of urea groups is 1. The van der Waals surface area contributed by atoms with E-state index >= 15 is 0 Å². The molecule has 2 fully saturated rings. The standard InChI is InChI=1S/C13H24N2O3/c1-13(9-16,10-4-5-10)15-12(17)14-7-6-11-3-2-8-18-11/h10-11,16H,2-9H2,1H3,(H2,14,15,17). The number of hydrogen-bond acceptors (Lipinski definition) is 3. The Balaban J connectivity index is 1.64. The van der Waals surface area contributed by atoms with E-state index in [1.54, 1.807) is 0 Å². The van der Waals surface area contributed by atoms with Gasteiger partial charge < -0.3 is 20.5 Å². The first-order valence-electron chi connectivity index (χ1n) is 6.92. The predicted molar refractivity (Wildman–Crippen MR) is 68.3 cm³/mol. The molecule has 0 aromatic heterocycles. The maximum absolute atomic E-state index is 11.7. The summed E-state index contributed by atoms with van der Waals surface area (Å²) in [6, 6.07) is -0.184. The molecule has 0 bridgehead atoms. The van der Waals surface area contributed by atoms with Crippen molar-refractivity contribution in [3.8, 4) is 0 Å². The van der Waals surface area contributed by atoms with Gasteiger partial charge in [-0.1, -0.05) is 0 Å². The van der Waals surface area contributed by atoms with Gasteiger partial charge in [0.1, 0.15) is 0 Å². The van der Waals surface area contributed by atoms with E-state index in [9.17, 15) is 9.90 Å². The fourth-order valence-electron chi connectivity index (χ4n) is 2.51. The summed E-state index contributed by atoms with van der Waals surface area (Å²) in [6.07, 6.45) is 5.58. The molecule has 0 aromatic rings. The van der Waals surface area contributed by atoms with Crippen LogP contribution < -0.4 is 10.6 Å². The van der Waals surface area contributed by atoms with Crippen LogP contribution in [0.3, 0.4) is 0 Å². The number of rotatable bonds is 6. The van der Waals surface area contributed by atoms with Gasteiger partial charge in [-0.15, -0.1) is 0 Å². The summed E-state index contributed by atoms with van der Waals surface area (Å²) >= 11 is 0. The smallest absolute Gasteiger partial charge is 0.315 e. The van der Waals surface area contributed by atoms with E-state index in [0.29, 0.717) is 18.6 Å². The van der Waals surface area contributed by atoms with Crippen molar-refractivity contribution in [3.63, 3.8) is 0 Å².